The molecule has 0 aliphatic carbocycles. The zero-order chi connectivity index (χ0) is 15.5. The topological polar surface area (TPSA) is 64.6 Å². The molecule has 3 rings (SSSR count). The van der Waals surface area contributed by atoms with Gasteiger partial charge in [-0.3, -0.25) is 4.79 Å². The molecule has 0 spiro atoms. The molecular formula is C17H22ClNO4. The van der Waals surface area contributed by atoms with Crippen molar-refractivity contribution in [1.29, 1.82) is 0 Å². The Kier molecular flexibility index (Phi) is 6.02. The third kappa shape index (κ3) is 3.85. The van der Waals surface area contributed by atoms with Crippen molar-refractivity contribution in [1.82, 2.24) is 5.32 Å². The number of carbonyl (C=O) groups excluding carboxylic acids is 2. The number of carbonyl (C=O) groups is 2. The highest BCUT2D eigenvalue weighted by atomic mass is 35.5. The van der Waals surface area contributed by atoms with Gasteiger partial charge in [-0.2, -0.15) is 0 Å². The molecule has 4 atom stereocenters. The third-order valence-electron chi connectivity index (χ3n) is 4.45. The van der Waals surface area contributed by atoms with Crippen LogP contribution in [-0.2, 0) is 14.3 Å². The average Bonchev–Trinajstić information content (AvgIpc) is 2.90. The minimum atomic E-state index is -0.412. The van der Waals surface area contributed by atoms with Crippen molar-refractivity contribution in [3.8, 4) is 0 Å². The second-order valence-electron chi connectivity index (χ2n) is 5.87. The molecule has 2 bridgehead atoms. The van der Waals surface area contributed by atoms with Gasteiger partial charge in [0.15, 0.2) is 0 Å². The van der Waals surface area contributed by atoms with Gasteiger partial charge in [0.05, 0.1) is 12.2 Å². The van der Waals surface area contributed by atoms with Crippen molar-refractivity contribution in [3.63, 3.8) is 0 Å². The van der Waals surface area contributed by atoms with Gasteiger partial charge in [-0.25, -0.2) is 4.79 Å². The van der Waals surface area contributed by atoms with E-state index < -0.39 is 12.0 Å². The van der Waals surface area contributed by atoms with Crippen molar-refractivity contribution in [2.75, 3.05) is 6.61 Å². The minimum Gasteiger partial charge on any atom is -0.466 e. The molecule has 5 nitrogen and oxygen atoms in total. The number of piperidine rings is 1. The Morgan fingerprint density at radius 3 is 2.65 bits per heavy atom. The molecule has 2 saturated heterocycles. The van der Waals surface area contributed by atoms with Gasteiger partial charge >= 0.3 is 11.9 Å². The largest absolute Gasteiger partial charge is 0.466 e. The molecule has 0 saturated carbocycles. The van der Waals surface area contributed by atoms with Crippen LogP contribution in [0, 0.1) is 5.92 Å². The third-order valence-corrected chi connectivity index (χ3v) is 4.45. The molecule has 2 heterocycles. The molecule has 0 radical (unpaired) electrons. The average molecular weight is 340 g/mol. The summed E-state index contributed by atoms with van der Waals surface area (Å²) >= 11 is 0. The SMILES string of the molecule is CCOC(=O)[C@H]1[C@@H](OC(=O)c2ccccc2)C[C@@H]2CC[C@H]1N2.Cl. The number of halogens is 1. The molecule has 2 aliphatic rings. The van der Waals surface area contributed by atoms with Crippen LogP contribution >= 0.6 is 12.4 Å². The lowest BCUT2D eigenvalue weighted by Crippen LogP contribution is -2.53. The first-order chi connectivity index (χ1) is 10.7. The van der Waals surface area contributed by atoms with E-state index in [1.165, 1.54) is 0 Å². The molecule has 0 aromatic heterocycles. The predicted molar refractivity (Wildman–Crippen MR) is 87.6 cm³/mol. The summed E-state index contributed by atoms with van der Waals surface area (Å²) in [7, 11) is 0. The summed E-state index contributed by atoms with van der Waals surface area (Å²) in [6.45, 7) is 2.13. The Morgan fingerprint density at radius 2 is 1.96 bits per heavy atom. The highest BCUT2D eigenvalue weighted by Gasteiger charge is 2.47. The lowest BCUT2D eigenvalue weighted by Gasteiger charge is -2.35. The number of hydrogen-bond donors (Lipinski definition) is 1. The lowest BCUT2D eigenvalue weighted by atomic mass is 9.89. The van der Waals surface area contributed by atoms with E-state index in [2.05, 4.69) is 5.32 Å². The number of ether oxygens (including phenoxy) is 2. The van der Waals surface area contributed by atoms with E-state index in [0.29, 0.717) is 24.6 Å². The van der Waals surface area contributed by atoms with Crippen molar-refractivity contribution in [3.05, 3.63) is 35.9 Å². The molecule has 1 aromatic carbocycles. The summed E-state index contributed by atoms with van der Waals surface area (Å²) < 4.78 is 10.8. The van der Waals surface area contributed by atoms with Crippen molar-refractivity contribution < 1.29 is 19.1 Å². The molecule has 1 N–H and O–H groups in total. The first-order valence-electron chi connectivity index (χ1n) is 7.87. The van der Waals surface area contributed by atoms with E-state index in [1.807, 2.05) is 6.07 Å². The van der Waals surface area contributed by atoms with Gasteiger partial charge in [-0.05, 0) is 31.9 Å². The first kappa shape index (κ1) is 17.8. The molecular weight excluding hydrogens is 318 g/mol. The van der Waals surface area contributed by atoms with Gasteiger partial charge < -0.3 is 14.8 Å². The highest BCUT2D eigenvalue weighted by molar-refractivity contribution is 5.89. The van der Waals surface area contributed by atoms with Gasteiger partial charge in [0, 0.05) is 18.5 Å². The second kappa shape index (κ2) is 7.79. The number of rotatable bonds is 4. The zero-order valence-electron chi connectivity index (χ0n) is 13.1. The maximum absolute atomic E-state index is 12.3. The zero-order valence-corrected chi connectivity index (χ0v) is 13.9. The van der Waals surface area contributed by atoms with Crippen LogP contribution in [0.25, 0.3) is 0 Å². The number of esters is 2. The Balaban J connectivity index is 0.00000192. The molecule has 0 unspecified atom stereocenters. The lowest BCUT2D eigenvalue weighted by molar-refractivity contribution is -0.155. The smallest absolute Gasteiger partial charge is 0.338 e. The van der Waals surface area contributed by atoms with Gasteiger partial charge in [0.1, 0.15) is 12.0 Å². The fourth-order valence-electron chi connectivity index (χ4n) is 3.46. The number of fused-ring (bicyclic) bond motifs is 2. The van der Waals surface area contributed by atoms with E-state index in [-0.39, 0.29) is 30.4 Å². The summed E-state index contributed by atoms with van der Waals surface area (Å²) in [5, 5.41) is 3.43. The Labute approximate surface area is 142 Å². The van der Waals surface area contributed by atoms with E-state index in [4.69, 9.17) is 9.47 Å². The van der Waals surface area contributed by atoms with Crippen LogP contribution in [0.3, 0.4) is 0 Å². The molecule has 2 fully saturated rings. The molecule has 1 aromatic rings. The number of hydrogen-bond acceptors (Lipinski definition) is 5. The number of benzene rings is 1. The molecule has 0 amide bonds. The quantitative estimate of drug-likeness (QED) is 0.853. The van der Waals surface area contributed by atoms with Gasteiger partial charge in [0.25, 0.3) is 0 Å². The molecule has 6 heteroatoms. The Morgan fingerprint density at radius 1 is 1.22 bits per heavy atom. The molecule has 23 heavy (non-hydrogen) atoms. The summed E-state index contributed by atoms with van der Waals surface area (Å²) in [6, 6.07) is 9.25. The Hall–Kier alpha value is -1.59. The normalized spacial score (nSPS) is 28.6. The highest BCUT2D eigenvalue weighted by Crippen LogP contribution is 2.34. The van der Waals surface area contributed by atoms with Crippen LogP contribution in [0.5, 0.6) is 0 Å². The summed E-state index contributed by atoms with van der Waals surface area (Å²) in [6.07, 6.45) is 2.19. The van der Waals surface area contributed by atoms with Crippen LogP contribution in [-0.4, -0.2) is 36.7 Å². The monoisotopic (exact) mass is 339 g/mol. The van der Waals surface area contributed by atoms with E-state index in [9.17, 15) is 9.59 Å². The van der Waals surface area contributed by atoms with Crippen molar-refractivity contribution in [2.45, 2.75) is 44.4 Å². The van der Waals surface area contributed by atoms with E-state index in [0.717, 1.165) is 12.8 Å². The van der Waals surface area contributed by atoms with Crippen LogP contribution in [0.4, 0.5) is 0 Å². The summed E-state index contributed by atoms with van der Waals surface area (Å²) in [4.78, 5) is 24.5. The van der Waals surface area contributed by atoms with Crippen LogP contribution in [0.2, 0.25) is 0 Å². The van der Waals surface area contributed by atoms with Gasteiger partial charge in [-0.1, -0.05) is 18.2 Å². The van der Waals surface area contributed by atoms with E-state index in [1.54, 1.807) is 31.2 Å². The summed E-state index contributed by atoms with van der Waals surface area (Å²) in [5.74, 6) is -1.06. The maximum Gasteiger partial charge on any atom is 0.338 e. The first-order valence-corrected chi connectivity index (χ1v) is 7.87. The van der Waals surface area contributed by atoms with Crippen LogP contribution in [0.15, 0.2) is 30.3 Å². The van der Waals surface area contributed by atoms with Crippen LogP contribution in [0.1, 0.15) is 36.5 Å². The van der Waals surface area contributed by atoms with Gasteiger partial charge in [0.2, 0.25) is 0 Å². The standard InChI is InChI=1S/C17H21NO4.ClH/c1-2-21-17(20)15-13-9-8-12(18-13)10-14(15)22-16(19)11-6-4-3-5-7-11;/h3-7,12-15,18H,2,8-10H2,1H3;1H/t12-,13+,14-,15+;/m0./s1. The van der Waals surface area contributed by atoms with Gasteiger partial charge in [-0.15, -0.1) is 12.4 Å². The second-order valence-corrected chi connectivity index (χ2v) is 5.87. The predicted octanol–water partition coefficient (Wildman–Crippen LogP) is 2.34. The van der Waals surface area contributed by atoms with Crippen molar-refractivity contribution in [2.24, 2.45) is 5.92 Å². The molecule has 126 valence electrons. The van der Waals surface area contributed by atoms with Crippen molar-refractivity contribution >= 4 is 24.3 Å². The fraction of sp³-hybridized carbons (Fsp3) is 0.529. The fourth-order valence-corrected chi connectivity index (χ4v) is 3.46. The minimum absolute atomic E-state index is 0. The summed E-state index contributed by atoms with van der Waals surface area (Å²) in [5.41, 5.74) is 0.510. The maximum atomic E-state index is 12.3. The van der Waals surface area contributed by atoms with Crippen LogP contribution < -0.4 is 5.32 Å². The Bertz CT molecular complexity index is 551. The molecule has 2 aliphatic heterocycles. The number of nitrogens with one attached hydrogen (secondary N) is 1. The van der Waals surface area contributed by atoms with E-state index >= 15 is 0 Å².